The summed E-state index contributed by atoms with van der Waals surface area (Å²) in [5.41, 5.74) is 12.8. The number of hydrogen-bond donors (Lipinski definition) is 0. The van der Waals surface area contributed by atoms with Crippen LogP contribution in [0.1, 0.15) is 41.8 Å². The molecule has 0 aliphatic heterocycles. The summed E-state index contributed by atoms with van der Waals surface area (Å²) in [5, 5.41) is -2.53. The molecule has 0 spiro atoms. The second kappa shape index (κ2) is 19.6. The van der Waals surface area contributed by atoms with Gasteiger partial charge in [-0.2, -0.15) is 18.2 Å². The van der Waals surface area contributed by atoms with Crippen molar-refractivity contribution in [2.75, 3.05) is 13.1 Å². The lowest BCUT2D eigenvalue weighted by atomic mass is 9.20. The Morgan fingerprint density at radius 1 is 0.620 bits per heavy atom. The van der Waals surface area contributed by atoms with Crippen molar-refractivity contribution in [1.82, 2.24) is 19.4 Å². The Bertz CT molecular complexity index is 2840. The van der Waals surface area contributed by atoms with Crippen LogP contribution in [0, 0.1) is 5.82 Å². The highest BCUT2D eigenvalue weighted by Gasteiger charge is 2.58. The predicted octanol–water partition coefficient (Wildman–Crippen LogP) is -26.2. The van der Waals surface area contributed by atoms with Crippen molar-refractivity contribution in [2.24, 2.45) is 0 Å². The monoisotopic (exact) mass is 955 g/mol. The van der Waals surface area contributed by atoms with E-state index in [2.05, 4.69) is 144 Å². The standard InChI is InChI=1S/C36H62B24F4N4O2S/c1-30(49,50)68(31(2,51)52)4-3-67(34(57,58)11-20(43)16(39)9(17(40)21(11)44)10-18(41)22(45)12(35(62,63)64)23(46)19(10)42)8(69)5-66-27-13(32(53,54)36(59,60)33(27,55)56)28(70)65-29(66)71-6-7-14(37)24(47)26(61)25(48)15(7)38/h3-6,37-60H2,1-2H3. The molecule has 0 unspecified atom stereocenters. The Balaban J connectivity index is 1.81. The lowest BCUT2D eigenvalue weighted by Gasteiger charge is -2.49. The first kappa shape index (κ1) is 59.5. The van der Waals surface area contributed by atoms with Gasteiger partial charge >= 0.3 is 6.18 Å². The molecule has 1 aromatic heterocycles. The van der Waals surface area contributed by atoms with Crippen molar-refractivity contribution in [3.8, 4) is 11.1 Å². The van der Waals surface area contributed by atoms with Crippen molar-refractivity contribution < 1.29 is 22.4 Å². The first-order valence-corrected chi connectivity index (χ1v) is 26.3. The van der Waals surface area contributed by atoms with Gasteiger partial charge in [0, 0.05) is 41.0 Å². The number of hydrogen-bond acceptors (Lipinski definition) is 5. The lowest BCUT2D eigenvalue weighted by molar-refractivity contribution is -0.136. The van der Waals surface area contributed by atoms with Crippen LogP contribution < -0.4 is 71.1 Å². The Morgan fingerprint density at radius 2 is 1.03 bits per heavy atom. The van der Waals surface area contributed by atoms with E-state index in [0.717, 1.165) is 60.7 Å². The molecule has 6 nitrogen and oxygen atoms in total. The number of halogens is 4. The molecule has 35 heteroatoms. The fourth-order valence-corrected chi connectivity index (χ4v) is 13.9. The number of alkyl halides is 3. The molecule has 5 rings (SSSR count). The summed E-state index contributed by atoms with van der Waals surface area (Å²) in [4.78, 5) is 40.0. The summed E-state index contributed by atoms with van der Waals surface area (Å²) in [7, 11) is 48.5. The van der Waals surface area contributed by atoms with Crippen LogP contribution in [0.5, 0.6) is 0 Å². The highest BCUT2D eigenvalue weighted by atomic mass is 32.2. The normalized spacial score (nSPS) is 15.4. The van der Waals surface area contributed by atoms with Crippen molar-refractivity contribution >= 4 is 272 Å². The van der Waals surface area contributed by atoms with Gasteiger partial charge in [0.15, 0.2) is 5.16 Å². The fourth-order valence-electron chi connectivity index (χ4n) is 12.8. The molecule has 3 aromatic carbocycles. The summed E-state index contributed by atoms with van der Waals surface area (Å²) in [5.74, 6) is 0.0801. The SMILES string of the molecule is Bc1c(B)c(CSc2nc(=O)c3c(n2CC(=O)N(CCN(C(B)(B)C)C(B)(B)C)C(B)(B)c2c(B)c(B)c(-c4c(B)c(B)c(C(F)(F)F)c(B)c4B)c(B)c2B)C(B)(B)C(B)(B)C3(B)B)c(B)c(B)c1F. The van der Waals surface area contributed by atoms with E-state index in [9.17, 15) is 18.0 Å². The first-order valence-electron chi connectivity index (χ1n) is 25.4. The summed E-state index contributed by atoms with van der Waals surface area (Å²) >= 11 is 1.42. The molecule has 0 saturated carbocycles. The average Bonchev–Trinajstić information content (AvgIpc) is 3.33. The number of aromatic nitrogens is 2. The van der Waals surface area contributed by atoms with Crippen molar-refractivity contribution in [3.63, 3.8) is 0 Å². The van der Waals surface area contributed by atoms with E-state index in [4.69, 9.17) is 4.98 Å². The van der Waals surface area contributed by atoms with Gasteiger partial charge in [-0.05, 0) is 21.8 Å². The minimum atomic E-state index is -4.48. The Kier molecular flexibility index (Phi) is 16.4. The number of carbonyl (C=O) groups is 1. The van der Waals surface area contributed by atoms with Gasteiger partial charge in [0.25, 0.3) is 5.56 Å². The molecule has 1 amide bonds. The van der Waals surface area contributed by atoms with Crippen molar-refractivity contribution in [3.05, 3.63) is 44.1 Å². The third kappa shape index (κ3) is 9.88. The Hall–Kier alpha value is -2.40. The van der Waals surface area contributed by atoms with Gasteiger partial charge in [0.2, 0.25) is 5.91 Å². The minimum absolute atomic E-state index is 0.0852. The number of nitrogens with zero attached hydrogens (tertiary/aromatic N) is 4. The van der Waals surface area contributed by atoms with E-state index in [1.807, 2.05) is 25.2 Å². The molecular weight excluding hydrogens is 888 g/mol. The van der Waals surface area contributed by atoms with Gasteiger partial charge in [-0.3, -0.25) is 9.59 Å². The second-order valence-electron chi connectivity index (χ2n) is 25.1. The molecule has 0 radical (unpaired) electrons. The third-order valence-electron chi connectivity index (χ3n) is 18.4. The number of fused-ring (bicyclic) bond motifs is 1. The topological polar surface area (TPSA) is 58.4 Å². The maximum absolute atomic E-state index is 16.1. The first-order chi connectivity index (χ1) is 31.9. The summed E-state index contributed by atoms with van der Waals surface area (Å²) in [6, 6.07) is 0. The number of benzene rings is 3. The zero-order valence-corrected chi connectivity index (χ0v) is 49.2. The number of rotatable bonds is 13. The van der Waals surface area contributed by atoms with Crippen molar-refractivity contribution in [2.45, 2.75) is 69.1 Å². The Morgan fingerprint density at radius 3 is 1.42 bits per heavy atom. The molecule has 0 saturated heterocycles. The smallest absolute Gasteiger partial charge is 0.346 e. The molecule has 4 aromatic rings. The molecule has 1 aliphatic rings. The lowest BCUT2D eigenvalue weighted by Crippen LogP contribution is -2.65. The summed E-state index contributed by atoms with van der Waals surface area (Å²) in [6.07, 6.45) is -4.48. The highest BCUT2D eigenvalue weighted by molar-refractivity contribution is 7.98. The molecule has 0 atom stereocenters. The maximum Gasteiger partial charge on any atom is 0.415 e. The van der Waals surface area contributed by atoms with E-state index >= 15 is 9.18 Å². The number of thioether (sulfide) groups is 1. The van der Waals surface area contributed by atoms with Gasteiger partial charge in [0.05, 0.1) is 15.7 Å². The molecule has 0 fully saturated rings. The molecule has 0 bridgehead atoms. The molecule has 71 heavy (non-hydrogen) atoms. The quantitative estimate of drug-likeness (QED) is 0.0578. The number of amides is 1. The predicted molar refractivity (Wildman–Crippen MR) is 365 cm³/mol. The number of carbonyl (C=O) groups excluding carboxylic acids is 1. The van der Waals surface area contributed by atoms with Crippen LogP contribution in [0.2, 0.25) is 5.21 Å². The van der Waals surface area contributed by atoms with Gasteiger partial charge < -0.3 is 14.4 Å². The largest absolute Gasteiger partial charge is 0.415 e. The zero-order chi connectivity index (χ0) is 54.8. The maximum atomic E-state index is 16.1. The van der Waals surface area contributed by atoms with Gasteiger partial charge in [-0.25, -0.2) is 4.39 Å². The van der Waals surface area contributed by atoms with Crippen LogP contribution in [-0.4, -0.2) is 237 Å². The van der Waals surface area contributed by atoms with E-state index in [1.54, 1.807) is 47.1 Å². The molecule has 1 heterocycles. The third-order valence-corrected chi connectivity index (χ3v) is 19.4. The highest BCUT2D eigenvalue weighted by Crippen LogP contribution is 2.57. The van der Waals surface area contributed by atoms with Gasteiger partial charge in [0.1, 0.15) is 185 Å². The summed E-state index contributed by atoms with van der Waals surface area (Å²) < 4.78 is 60.9. The zero-order valence-electron chi connectivity index (χ0n) is 48.4. The average molecular weight is 950 g/mol. The van der Waals surface area contributed by atoms with E-state index < -0.39 is 32.7 Å². The van der Waals surface area contributed by atoms with Crippen LogP contribution >= 0.6 is 11.8 Å². The van der Waals surface area contributed by atoms with Crippen LogP contribution in [-0.2, 0) is 39.0 Å². The second-order valence-corrected chi connectivity index (χ2v) is 26.0. The minimum Gasteiger partial charge on any atom is -0.346 e. The van der Waals surface area contributed by atoms with Crippen LogP contribution in [0.4, 0.5) is 17.6 Å². The van der Waals surface area contributed by atoms with Crippen LogP contribution in [0.3, 0.4) is 0 Å². The molecule has 0 N–H and O–H groups in total. The Labute approximate surface area is 448 Å². The van der Waals surface area contributed by atoms with E-state index in [0.29, 0.717) is 51.4 Å². The fraction of sp³-hybridized carbons (Fsp3) is 0.361. The summed E-state index contributed by atoms with van der Waals surface area (Å²) in [6.45, 7) is 5.25. The van der Waals surface area contributed by atoms with E-state index in [-0.39, 0.29) is 45.4 Å². The molecule has 344 valence electrons. The van der Waals surface area contributed by atoms with Gasteiger partial charge in [-0.15, -0.1) is 0 Å². The van der Waals surface area contributed by atoms with Crippen LogP contribution in [0.25, 0.3) is 11.1 Å². The molecular formula is C36H62B24F4N4O2S. The van der Waals surface area contributed by atoms with Gasteiger partial charge in [-0.1, -0.05) is 118 Å². The molecule has 1 aliphatic carbocycles. The van der Waals surface area contributed by atoms with Crippen LogP contribution in [0.15, 0.2) is 9.95 Å². The van der Waals surface area contributed by atoms with Crippen molar-refractivity contribution in [1.29, 1.82) is 0 Å². The van der Waals surface area contributed by atoms with E-state index in [1.165, 1.54) is 11.8 Å².